The minimum absolute atomic E-state index is 0. The highest BCUT2D eigenvalue weighted by molar-refractivity contribution is 7.59. The molecule has 0 N–H and O–H groups in total. The van der Waals surface area contributed by atoms with Gasteiger partial charge in [-0.2, -0.15) is 43.4 Å². The summed E-state index contributed by atoms with van der Waals surface area (Å²) in [5.41, 5.74) is 8.82. The van der Waals surface area contributed by atoms with E-state index in [4.69, 9.17) is 67.0 Å². The Bertz CT molecular complexity index is 5540. The average Bonchev–Trinajstić information content (AvgIpc) is 1.65. The predicted octanol–water partition coefficient (Wildman–Crippen LogP) is 11.4. The molecular formula is C98H119N21O7S. The van der Waals surface area contributed by atoms with Gasteiger partial charge in [-0.25, -0.2) is 18.1 Å². The molecule has 3 amide bonds. The number of pyridine rings is 1. The number of hydrogen-bond donors (Lipinski definition) is 0. The lowest BCUT2D eigenvalue weighted by atomic mass is 10.0. The molecule has 10 aliphatic rings. The van der Waals surface area contributed by atoms with Gasteiger partial charge in [-0.3, -0.25) is 19.3 Å². The normalized spacial score (nSPS) is 21.3. The number of aromatic nitrogens is 7. The van der Waals surface area contributed by atoms with Crippen molar-refractivity contribution in [2.45, 2.75) is 127 Å². The van der Waals surface area contributed by atoms with Crippen LogP contribution in [0.2, 0.25) is 0 Å². The molecule has 9 aliphatic heterocycles. The molecule has 1 saturated carbocycles. The lowest BCUT2D eigenvalue weighted by Gasteiger charge is -2.42. The number of nitrogens with zero attached hydrogens (tertiary/aromatic N) is 21. The Morgan fingerprint density at radius 3 is 1.24 bits per heavy atom. The fourth-order valence-corrected chi connectivity index (χ4v) is 20.1. The number of piperazine rings is 3. The first-order valence-electron chi connectivity index (χ1n) is 45.2. The third-order valence-corrected chi connectivity index (χ3v) is 27.2. The summed E-state index contributed by atoms with van der Waals surface area (Å²) in [4.78, 5) is 106. The molecule has 9 aromatic rings. The van der Waals surface area contributed by atoms with E-state index >= 15 is 0 Å². The number of methoxy groups -OCH3 is 1. The first-order chi connectivity index (χ1) is 61.7. The van der Waals surface area contributed by atoms with Crippen LogP contribution in [-0.4, -0.2) is 284 Å². The summed E-state index contributed by atoms with van der Waals surface area (Å²) in [7, 11) is 5.97. The first kappa shape index (κ1) is 88.7. The highest BCUT2D eigenvalue weighted by Gasteiger charge is 2.41. The summed E-state index contributed by atoms with van der Waals surface area (Å²) >= 11 is 0. The molecule has 19 rings (SSSR count). The van der Waals surface area contributed by atoms with E-state index < -0.39 is 0 Å². The summed E-state index contributed by atoms with van der Waals surface area (Å²) in [5.74, 6) is 4.17. The fourth-order valence-electron chi connectivity index (χ4n) is 20.1. The summed E-state index contributed by atoms with van der Waals surface area (Å²) in [6.07, 6.45) is 18.0. The number of rotatable bonds is 24. The minimum atomic E-state index is -0.228. The van der Waals surface area contributed by atoms with Crippen molar-refractivity contribution in [2.75, 3.05) is 195 Å². The molecular weight excluding hydrogens is 1620 g/mol. The Morgan fingerprint density at radius 2 is 0.811 bits per heavy atom. The number of hydrogen-bond acceptors (Lipinski definition) is 23. The van der Waals surface area contributed by atoms with Crippen molar-refractivity contribution >= 4 is 98.2 Å². The van der Waals surface area contributed by atoms with E-state index in [1.165, 1.54) is 95.4 Å². The van der Waals surface area contributed by atoms with Crippen molar-refractivity contribution in [2.24, 2.45) is 5.92 Å². The Kier molecular flexibility index (Phi) is 28.6. The Balaban J connectivity index is 0.000000140. The number of likely N-dealkylation sites (tertiary alicyclic amines) is 3. The van der Waals surface area contributed by atoms with Gasteiger partial charge in [0.25, 0.3) is 0 Å². The number of carbonyl (C=O) groups excluding carboxylic acids is 3. The summed E-state index contributed by atoms with van der Waals surface area (Å²) < 4.78 is 24.5. The minimum Gasteiger partial charge on any atom is -0.462 e. The van der Waals surface area contributed by atoms with Crippen molar-refractivity contribution in [1.29, 1.82) is 0 Å². The molecule has 28 nitrogen and oxygen atoms in total. The molecule has 13 heterocycles. The van der Waals surface area contributed by atoms with E-state index in [9.17, 15) is 14.4 Å². The standard InChI is InChI=1S/C35H41N7O2.C32H40N6O3.C31H36N8O2.H2S/c1-3-33(43)42-19-18-41(22-28(42)20-36-2)34-30-15-17-40(32-12-6-9-26-8-4-5-11-29(26)32)23-31(30)37-35(38-34)44-24-27-10-7-16-39(27)21-25-13-14-25;1-4-30(39)38-18-17-37(19-25(38)21-40-3)31-27-14-16-36(29-13-7-10-23-9-5-6-12-26(23)29)20-28(27)33-32(34-31)41-22-24-11-8-15-35(24)2;1-4-28(40)39-17-16-38(19-24(39)18-32-2)30-26-12-15-37(29-25-10-6-5-8-22(25)11-13-33-29)20-27(26)34-31(35-30)41-21-23-9-7-14-36(23)3;/h3-6,8-9,11-12,25,27-28H,1,7,10,13-24H2;4-7,9-10,12-13,24-25H,1,8,11,14-22H2,2-3H3;4-6,8,10-11,13,23-24H,1,7,9,12,14-21H2,3H3;1H2/t27-,28?;24-,25?;23-,24?;/m000./s1. The maximum absolute atomic E-state index is 12.6. The smallest absolute Gasteiger partial charge is 0.318 e. The molecule has 127 heavy (non-hydrogen) atoms. The second kappa shape index (κ2) is 40.9. The molecule has 29 heteroatoms. The van der Waals surface area contributed by atoms with Crippen LogP contribution in [0.25, 0.3) is 42.0 Å². The van der Waals surface area contributed by atoms with Crippen LogP contribution in [-0.2, 0) is 58.0 Å². The van der Waals surface area contributed by atoms with E-state index in [2.05, 4.69) is 185 Å². The number of anilines is 6. The summed E-state index contributed by atoms with van der Waals surface area (Å²) in [5, 5.41) is 7.24. The van der Waals surface area contributed by atoms with Gasteiger partial charge < -0.3 is 82.5 Å². The Hall–Kier alpha value is -11.7. The topological polar surface area (TPSA) is 226 Å². The summed E-state index contributed by atoms with van der Waals surface area (Å²) in [6, 6.07) is 42.3. The molecule has 3 unspecified atom stereocenters. The zero-order chi connectivity index (χ0) is 86.7. The maximum atomic E-state index is 12.6. The SMILES string of the molecule is C=CC(=O)N1CCN(c2nc(OC[C@@H]3CCCN3C)nc3c2CCN(c2cccc4ccccc24)C3)CC1COC.S.[C-]#[N+]CC1CN(c2nc(OC[C@@H]3CCCN3C)nc3c2CCN(c2nccc4ccccc24)C3)CCN1C(=O)C=C.[C-]#[N+]CC1CN(c2nc(OC[C@@H]3CCCN3CC3CC3)nc3c2CCN(c2cccc4ccccc24)C3)CCN1C(=O)C=C. The van der Waals surface area contributed by atoms with Gasteiger partial charge in [-0.1, -0.05) is 117 Å². The van der Waals surface area contributed by atoms with Gasteiger partial charge in [0.1, 0.15) is 55.2 Å². The Labute approximate surface area is 752 Å². The van der Waals surface area contributed by atoms with Crippen molar-refractivity contribution in [3.63, 3.8) is 0 Å². The number of amides is 3. The average molecular weight is 1740 g/mol. The molecule has 0 spiro atoms. The third-order valence-electron chi connectivity index (χ3n) is 27.2. The van der Waals surface area contributed by atoms with Crippen molar-refractivity contribution < 1.29 is 33.3 Å². The Morgan fingerprint density at radius 1 is 0.417 bits per heavy atom. The number of ether oxygens (including phenoxy) is 4. The van der Waals surface area contributed by atoms with Gasteiger partial charge in [-0.05, 0) is 163 Å². The van der Waals surface area contributed by atoms with E-state index in [1.54, 1.807) is 16.9 Å². The van der Waals surface area contributed by atoms with E-state index in [0.717, 1.165) is 146 Å². The van der Waals surface area contributed by atoms with E-state index in [-0.39, 0.29) is 62.4 Å². The van der Waals surface area contributed by atoms with Crippen LogP contribution < -0.4 is 43.6 Å². The van der Waals surface area contributed by atoms with E-state index in [0.29, 0.717) is 141 Å². The molecule has 664 valence electrons. The van der Waals surface area contributed by atoms with Crippen LogP contribution in [0, 0.1) is 19.1 Å². The van der Waals surface area contributed by atoms with Crippen molar-refractivity contribution in [3.05, 3.63) is 216 Å². The largest absolute Gasteiger partial charge is 0.462 e. The lowest BCUT2D eigenvalue weighted by Crippen LogP contribution is -2.57. The molecule has 0 bridgehead atoms. The second-order valence-corrected chi connectivity index (χ2v) is 35.0. The van der Waals surface area contributed by atoms with Crippen LogP contribution in [0.4, 0.5) is 34.6 Å². The number of benzene rings is 5. The summed E-state index contributed by atoms with van der Waals surface area (Å²) in [6.45, 7) is 43.0. The van der Waals surface area contributed by atoms with Gasteiger partial charge >= 0.3 is 18.0 Å². The van der Waals surface area contributed by atoms with Crippen LogP contribution in [0.5, 0.6) is 18.0 Å². The quantitative estimate of drug-likeness (QED) is 0.0405. The zero-order valence-electron chi connectivity index (χ0n) is 73.6. The fraction of sp³-hybridized carbons (Fsp3) is 0.469. The third kappa shape index (κ3) is 20.0. The number of fused-ring (bicyclic) bond motifs is 6. The second-order valence-electron chi connectivity index (χ2n) is 35.0. The number of carbonyl (C=O) groups is 3. The predicted molar refractivity (Wildman–Crippen MR) is 504 cm³/mol. The van der Waals surface area contributed by atoms with Gasteiger partial charge in [0.2, 0.25) is 30.8 Å². The van der Waals surface area contributed by atoms with Crippen LogP contribution >= 0.6 is 13.5 Å². The van der Waals surface area contributed by atoms with Gasteiger partial charge in [0.15, 0.2) is 0 Å². The molecule has 7 fully saturated rings. The zero-order valence-corrected chi connectivity index (χ0v) is 74.6. The van der Waals surface area contributed by atoms with Crippen LogP contribution in [0.15, 0.2) is 159 Å². The van der Waals surface area contributed by atoms with Gasteiger partial charge in [0, 0.05) is 161 Å². The first-order valence-corrected chi connectivity index (χ1v) is 45.2. The van der Waals surface area contributed by atoms with E-state index in [1.807, 2.05) is 29.3 Å². The highest BCUT2D eigenvalue weighted by atomic mass is 32.1. The van der Waals surface area contributed by atoms with Crippen molar-refractivity contribution in [3.8, 4) is 18.0 Å². The molecule has 5 aromatic carbocycles. The van der Waals surface area contributed by atoms with Crippen molar-refractivity contribution in [1.82, 2.24) is 64.3 Å². The molecule has 1 aliphatic carbocycles. The van der Waals surface area contributed by atoms with Gasteiger partial charge in [0.05, 0.1) is 49.4 Å². The molecule has 0 radical (unpaired) electrons. The number of likely N-dealkylation sites (N-methyl/N-ethyl adjacent to an activating group) is 2. The molecule has 4 aromatic heterocycles. The van der Waals surface area contributed by atoms with Crippen LogP contribution in [0.3, 0.4) is 0 Å². The maximum Gasteiger partial charge on any atom is 0.318 e. The van der Waals surface area contributed by atoms with Gasteiger partial charge in [-0.15, -0.1) is 0 Å². The molecule has 6 saturated heterocycles. The highest BCUT2D eigenvalue weighted by Crippen LogP contribution is 2.41. The van der Waals surface area contributed by atoms with Crippen LogP contribution in [0.1, 0.15) is 85.1 Å². The monoisotopic (exact) mass is 1730 g/mol. The lowest BCUT2D eigenvalue weighted by molar-refractivity contribution is -0.130. The molecule has 6 atom stereocenters.